The maximum absolute atomic E-state index is 13.1. The van der Waals surface area contributed by atoms with Gasteiger partial charge in [0.2, 0.25) is 11.8 Å². The summed E-state index contributed by atoms with van der Waals surface area (Å²) < 4.78 is 0. The minimum Gasteiger partial charge on any atom is -0.358 e. The smallest absolute Gasteiger partial charge is 0.239 e. The van der Waals surface area contributed by atoms with Gasteiger partial charge in [0, 0.05) is 37.4 Å². The molecular formula is C30H32N4O2. The highest BCUT2D eigenvalue weighted by Gasteiger charge is 2.23. The van der Waals surface area contributed by atoms with E-state index in [1.54, 1.807) is 12.1 Å². The Labute approximate surface area is 213 Å². The van der Waals surface area contributed by atoms with Crippen LogP contribution in [0.5, 0.6) is 0 Å². The lowest BCUT2D eigenvalue weighted by Gasteiger charge is -2.32. The average molecular weight is 481 g/mol. The molecule has 0 radical (unpaired) electrons. The number of nitriles is 1. The third kappa shape index (κ3) is 6.31. The van der Waals surface area contributed by atoms with E-state index in [1.807, 2.05) is 54.3 Å². The second-order valence-corrected chi connectivity index (χ2v) is 9.07. The van der Waals surface area contributed by atoms with Crippen LogP contribution in [0.15, 0.2) is 72.8 Å². The second-order valence-electron chi connectivity index (χ2n) is 9.07. The molecule has 3 aromatic carbocycles. The maximum atomic E-state index is 13.1. The van der Waals surface area contributed by atoms with Gasteiger partial charge in [0.25, 0.3) is 0 Å². The molecule has 0 bridgehead atoms. The van der Waals surface area contributed by atoms with Crippen molar-refractivity contribution in [2.24, 2.45) is 0 Å². The largest absolute Gasteiger partial charge is 0.358 e. The Bertz CT molecular complexity index is 1230. The molecule has 1 aliphatic heterocycles. The van der Waals surface area contributed by atoms with Gasteiger partial charge in [-0.3, -0.25) is 9.59 Å². The van der Waals surface area contributed by atoms with E-state index < -0.39 is 0 Å². The van der Waals surface area contributed by atoms with E-state index in [-0.39, 0.29) is 18.4 Å². The zero-order chi connectivity index (χ0) is 25.3. The van der Waals surface area contributed by atoms with Crippen LogP contribution in [0.2, 0.25) is 0 Å². The number of hydrogen-bond donors (Lipinski definition) is 1. The lowest BCUT2D eigenvalue weighted by molar-refractivity contribution is -0.120. The fourth-order valence-corrected chi connectivity index (χ4v) is 4.64. The Hall–Kier alpha value is -4.11. The van der Waals surface area contributed by atoms with Crippen LogP contribution in [0.25, 0.3) is 0 Å². The van der Waals surface area contributed by atoms with Crippen LogP contribution in [0.1, 0.15) is 42.0 Å². The molecule has 0 aliphatic carbocycles. The number of likely N-dealkylation sites (N-methyl/N-ethyl adjacent to an activating group) is 1. The first-order chi connectivity index (χ1) is 17.6. The predicted molar refractivity (Wildman–Crippen MR) is 143 cm³/mol. The van der Waals surface area contributed by atoms with Crippen LogP contribution in [-0.2, 0) is 29.0 Å². The molecule has 1 aliphatic rings. The number of hydrogen-bond acceptors (Lipinski definition) is 4. The molecule has 0 atom stereocenters. The maximum Gasteiger partial charge on any atom is 0.239 e. The summed E-state index contributed by atoms with van der Waals surface area (Å²) in [6.07, 6.45) is 2.88. The van der Waals surface area contributed by atoms with Crippen molar-refractivity contribution in [2.75, 3.05) is 29.4 Å². The number of benzene rings is 3. The summed E-state index contributed by atoms with van der Waals surface area (Å²) in [5.74, 6) is 0.0993. The fraction of sp³-hybridized carbons (Fsp3) is 0.300. The molecule has 0 unspecified atom stereocenters. The molecule has 6 heteroatoms. The summed E-state index contributed by atoms with van der Waals surface area (Å²) in [5, 5.41) is 11.9. The highest BCUT2D eigenvalue weighted by atomic mass is 16.2. The van der Waals surface area contributed by atoms with Crippen molar-refractivity contribution >= 4 is 23.2 Å². The van der Waals surface area contributed by atoms with Crippen LogP contribution in [0, 0.1) is 11.3 Å². The van der Waals surface area contributed by atoms with Gasteiger partial charge < -0.3 is 15.1 Å². The number of carbonyl (C=O) groups excluding carboxylic acids is 2. The molecule has 0 aromatic heterocycles. The minimum atomic E-state index is -0.00856. The molecule has 0 spiro atoms. The molecule has 36 heavy (non-hydrogen) atoms. The van der Waals surface area contributed by atoms with E-state index in [9.17, 15) is 9.59 Å². The zero-order valence-corrected chi connectivity index (χ0v) is 20.7. The summed E-state index contributed by atoms with van der Waals surface area (Å²) >= 11 is 0. The number of nitrogens with one attached hydrogen (secondary N) is 1. The number of nitrogens with zero attached hydrogens (tertiary/aromatic N) is 3. The molecule has 1 N–H and O–H groups in total. The van der Waals surface area contributed by atoms with E-state index in [1.165, 1.54) is 0 Å². The lowest BCUT2D eigenvalue weighted by Crippen LogP contribution is -2.38. The molecule has 2 amide bonds. The molecule has 4 rings (SSSR count). The summed E-state index contributed by atoms with van der Waals surface area (Å²) in [4.78, 5) is 29.6. The van der Waals surface area contributed by atoms with Crippen molar-refractivity contribution in [3.63, 3.8) is 0 Å². The summed E-state index contributed by atoms with van der Waals surface area (Å²) in [6, 6.07) is 25.9. The van der Waals surface area contributed by atoms with Crippen LogP contribution in [0.3, 0.4) is 0 Å². The molecule has 184 valence electrons. The first kappa shape index (κ1) is 25.0. The predicted octanol–water partition coefficient (Wildman–Crippen LogP) is 4.61. The van der Waals surface area contributed by atoms with E-state index >= 15 is 0 Å². The lowest BCUT2D eigenvalue weighted by atomic mass is 9.99. The van der Waals surface area contributed by atoms with Gasteiger partial charge in [0.1, 0.15) is 0 Å². The normalized spacial score (nSPS) is 12.4. The number of amides is 2. The molecule has 3 aromatic rings. The minimum absolute atomic E-state index is 0.00856. The SMILES string of the molecule is CCNC(=O)CN(Cc1ccccc1)c1ccc2c(c1)CCCN2C(=O)CCc1ccc(C#N)cc1. The summed E-state index contributed by atoms with van der Waals surface area (Å²) in [6.45, 7) is 4.14. The molecule has 0 saturated carbocycles. The third-order valence-corrected chi connectivity index (χ3v) is 6.48. The number of fused-ring (bicyclic) bond motifs is 1. The topological polar surface area (TPSA) is 76.4 Å². The first-order valence-electron chi connectivity index (χ1n) is 12.5. The van der Waals surface area contributed by atoms with Gasteiger partial charge in [-0.1, -0.05) is 42.5 Å². The molecule has 6 nitrogen and oxygen atoms in total. The first-order valence-corrected chi connectivity index (χ1v) is 12.5. The van der Waals surface area contributed by atoms with Crippen molar-refractivity contribution in [3.05, 3.63) is 95.1 Å². The van der Waals surface area contributed by atoms with Crippen LogP contribution >= 0.6 is 0 Å². The van der Waals surface area contributed by atoms with Crippen LogP contribution < -0.4 is 15.1 Å². The monoisotopic (exact) mass is 480 g/mol. The zero-order valence-electron chi connectivity index (χ0n) is 20.7. The Kier molecular flexibility index (Phi) is 8.36. The number of carbonyl (C=O) groups is 2. The summed E-state index contributed by atoms with van der Waals surface area (Å²) in [7, 11) is 0. The van der Waals surface area contributed by atoms with Gasteiger partial charge in [-0.05, 0) is 73.2 Å². The molecular weight excluding hydrogens is 448 g/mol. The third-order valence-electron chi connectivity index (χ3n) is 6.48. The van der Waals surface area contributed by atoms with E-state index in [4.69, 9.17) is 5.26 Å². The second kappa shape index (κ2) is 12.0. The Morgan fingerprint density at radius 2 is 1.81 bits per heavy atom. The molecule has 1 heterocycles. The fourth-order valence-electron chi connectivity index (χ4n) is 4.64. The van der Waals surface area contributed by atoms with Crippen molar-refractivity contribution in [1.82, 2.24) is 5.32 Å². The van der Waals surface area contributed by atoms with E-state index in [2.05, 4.69) is 34.5 Å². The number of anilines is 2. The standard InChI is InChI=1S/C30H32N4O2/c1-2-32-29(35)22-33(21-25-7-4-3-5-8-25)27-15-16-28-26(19-27)9-6-18-34(28)30(36)17-14-23-10-12-24(20-31)13-11-23/h3-5,7-8,10-13,15-16,19H,2,6,9,14,17-18,21-22H2,1H3,(H,32,35). The molecule has 0 saturated heterocycles. The van der Waals surface area contributed by atoms with Gasteiger partial charge >= 0.3 is 0 Å². The van der Waals surface area contributed by atoms with Crippen LogP contribution in [0.4, 0.5) is 11.4 Å². The van der Waals surface area contributed by atoms with Crippen molar-refractivity contribution in [1.29, 1.82) is 5.26 Å². The average Bonchev–Trinajstić information content (AvgIpc) is 2.91. The van der Waals surface area contributed by atoms with Crippen LogP contribution in [-0.4, -0.2) is 31.4 Å². The van der Waals surface area contributed by atoms with Gasteiger partial charge in [-0.15, -0.1) is 0 Å². The number of rotatable bonds is 9. The van der Waals surface area contributed by atoms with Gasteiger partial charge in [-0.2, -0.15) is 5.26 Å². The Morgan fingerprint density at radius 1 is 1.03 bits per heavy atom. The van der Waals surface area contributed by atoms with Gasteiger partial charge in [0.15, 0.2) is 0 Å². The van der Waals surface area contributed by atoms with E-state index in [0.29, 0.717) is 38.0 Å². The van der Waals surface area contributed by atoms with Gasteiger partial charge in [0.05, 0.1) is 18.2 Å². The van der Waals surface area contributed by atoms with Gasteiger partial charge in [-0.25, -0.2) is 0 Å². The highest BCUT2D eigenvalue weighted by molar-refractivity contribution is 5.95. The number of aryl methyl sites for hydroxylation is 2. The highest BCUT2D eigenvalue weighted by Crippen LogP contribution is 2.32. The quantitative estimate of drug-likeness (QED) is 0.485. The van der Waals surface area contributed by atoms with Crippen molar-refractivity contribution < 1.29 is 9.59 Å². The van der Waals surface area contributed by atoms with Crippen molar-refractivity contribution in [2.45, 2.75) is 39.2 Å². The molecule has 0 fully saturated rings. The van der Waals surface area contributed by atoms with E-state index in [0.717, 1.165) is 40.9 Å². The Morgan fingerprint density at radius 3 is 2.53 bits per heavy atom. The Balaban J connectivity index is 1.50. The van der Waals surface area contributed by atoms with Crippen molar-refractivity contribution in [3.8, 4) is 6.07 Å². The summed E-state index contributed by atoms with van der Waals surface area (Å²) in [5.41, 5.74) is 5.90.